The SMILES string of the molecule is CC1[CH-]C2=c3ccccc3=CCC2C1.CC1[CH-]C2=c3ccccc3=CCC2C1.[Cl-].[Cl-].[Zr+2]=[Si](c1ccccc1)c1ccccc1. The summed E-state index contributed by atoms with van der Waals surface area (Å²) in [6.45, 7) is 4.65. The summed E-state index contributed by atoms with van der Waals surface area (Å²) in [7, 11) is 0. The minimum atomic E-state index is -0.455. The molecule has 4 heteroatoms. The van der Waals surface area contributed by atoms with E-state index in [-0.39, 0.29) is 24.8 Å². The molecule has 2 saturated carbocycles. The van der Waals surface area contributed by atoms with Gasteiger partial charge in [0.1, 0.15) is 0 Å². The van der Waals surface area contributed by atoms with Crippen LogP contribution >= 0.6 is 0 Å². The molecule has 4 aliphatic carbocycles. The molecule has 0 nitrogen and oxygen atoms in total. The summed E-state index contributed by atoms with van der Waals surface area (Å²) in [5.41, 5.74) is 2.76. The summed E-state index contributed by atoms with van der Waals surface area (Å²) in [6.07, 6.45) is 14.9. The van der Waals surface area contributed by atoms with Crippen molar-refractivity contribution in [2.24, 2.45) is 23.7 Å². The van der Waals surface area contributed by atoms with Crippen molar-refractivity contribution < 1.29 is 48.1 Å². The van der Waals surface area contributed by atoms with E-state index in [0.717, 1.165) is 23.7 Å². The van der Waals surface area contributed by atoms with Gasteiger partial charge < -0.3 is 24.8 Å². The maximum absolute atomic E-state index is 2.47. The van der Waals surface area contributed by atoms with Crippen molar-refractivity contribution in [2.75, 3.05) is 0 Å². The summed E-state index contributed by atoms with van der Waals surface area (Å²) in [5, 5.41) is 8.86. The van der Waals surface area contributed by atoms with Gasteiger partial charge in [-0.25, -0.2) is 24.0 Å². The van der Waals surface area contributed by atoms with Crippen LogP contribution in [0.1, 0.15) is 39.5 Å². The molecule has 0 N–H and O–H groups in total. The van der Waals surface area contributed by atoms with Crippen molar-refractivity contribution in [3.8, 4) is 0 Å². The zero-order valence-corrected chi connectivity index (χ0v) is 30.6. The van der Waals surface area contributed by atoms with Gasteiger partial charge in [-0.1, -0.05) is 87.1 Å². The molecule has 0 spiro atoms. The van der Waals surface area contributed by atoms with Gasteiger partial charge in [-0.3, -0.25) is 0 Å². The van der Waals surface area contributed by atoms with E-state index in [1.807, 2.05) is 0 Å². The Hall–Kier alpha value is -2.22. The Morgan fingerprint density at radius 2 is 0.909 bits per heavy atom. The van der Waals surface area contributed by atoms with Gasteiger partial charge in [0.05, 0.1) is 0 Å². The summed E-state index contributed by atoms with van der Waals surface area (Å²) in [6, 6.07) is 39.2. The molecule has 0 bridgehead atoms. The monoisotopic (exact) mass is 708 g/mol. The van der Waals surface area contributed by atoms with Crippen LogP contribution in [0.3, 0.4) is 0 Å². The van der Waals surface area contributed by atoms with Crippen LogP contribution in [0.15, 0.2) is 109 Å². The van der Waals surface area contributed by atoms with Gasteiger partial charge >= 0.3 is 99.8 Å². The molecule has 2 fully saturated rings. The number of fused-ring (bicyclic) bond motifs is 4. The quantitative estimate of drug-likeness (QED) is 0.187. The van der Waals surface area contributed by atoms with Crippen LogP contribution in [0.5, 0.6) is 0 Å². The minimum absolute atomic E-state index is 0. The normalized spacial score (nSPS) is 21.5. The van der Waals surface area contributed by atoms with Gasteiger partial charge in [-0.05, 0) is 24.7 Å². The van der Waals surface area contributed by atoms with Crippen LogP contribution in [-0.2, 0) is 23.3 Å². The molecule has 0 saturated heterocycles. The maximum atomic E-state index is 2.47. The van der Waals surface area contributed by atoms with Gasteiger partial charge in [0.25, 0.3) is 0 Å². The molecule has 224 valence electrons. The number of halogens is 2. The fourth-order valence-electron chi connectivity index (χ4n) is 7.03. The van der Waals surface area contributed by atoms with Crippen LogP contribution in [0.2, 0.25) is 0 Å². The standard InChI is InChI=1S/2C14H15.C12H10Si.2ClH.Zr/c2*1-10-8-12-7-6-11-4-2-3-5-13(11)14(12)9-10;1-3-7-11(8-4-1)13-12-9-5-2-6-10-12;;;/h2*2-6,9-10,12H,7-8H2,1H3;1-10H;2*1H;/q2*-1;;;;+2/p-2. The summed E-state index contributed by atoms with van der Waals surface area (Å²) >= 11 is 1.64. The van der Waals surface area contributed by atoms with E-state index < -0.39 is 5.43 Å². The third-order valence-electron chi connectivity index (χ3n) is 9.03. The van der Waals surface area contributed by atoms with Gasteiger partial charge in [0, 0.05) is 0 Å². The second-order valence-corrected chi connectivity index (χ2v) is 17.8. The van der Waals surface area contributed by atoms with E-state index in [1.165, 1.54) is 56.9 Å². The Bertz CT molecular complexity index is 1670. The predicted octanol–water partition coefficient (Wildman–Crippen LogP) is -0.889. The molecule has 4 atom stereocenters. The van der Waals surface area contributed by atoms with E-state index in [0.29, 0.717) is 0 Å². The first-order chi connectivity index (χ1) is 20.6. The van der Waals surface area contributed by atoms with Crippen molar-refractivity contribution in [1.82, 2.24) is 0 Å². The van der Waals surface area contributed by atoms with Crippen molar-refractivity contribution in [3.05, 3.63) is 143 Å². The van der Waals surface area contributed by atoms with Crippen LogP contribution in [0, 0.1) is 36.5 Å². The molecule has 0 aromatic heterocycles. The zero-order chi connectivity index (χ0) is 28.9. The number of hydrogen-bond acceptors (Lipinski definition) is 0. The number of hydrogen-bond donors (Lipinski definition) is 0. The van der Waals surface area contributed by atoms with E-state index in [1.54, 1.807) is 34.5 Å². The second-order valence-electron chi connectivity index (χ2n) is 12.2. The van der Waals surface area contributed by atoms with Crippen LogP contribution in [0.4, 0.5) is 0 Å². The third-order valence-corrected chi connectivity index (χ3v) is 15.1. The summed E-state index contributed by atoms with van der Waals surface area (Å²) in [5.74, 6) is 3.16. The average molecular weight is 711 g/mol. The summed E-state index contributed by atoms with van der Waals surface area (Å²) < 4.78 is 0. The Morgan fingerprint density at radius 3 is 1.32 bits per heavy atom. The predicted molar refractivity (Wildman–Crippen MR) is 177 cm³/mol. The molecular weight excluding hydrogens is 671 g/mol. The molecule has 4 aromatic carbocycles. The number of rotatable bonds is 2. The molecule has 4 aromatic rings. The van der Waals surface area contributed by atoms with Crippen LogP contribution < -0.4 is 56.1 Å². The van der Waals surface area contributed by atoms with Crippen molar-refractivity contribution in [2.45, 2.75) is 39.5 Å². The first-order valence-corrected chi connectivity index (χ1v) is 20.7. The molecule has 0 amide bonds. The molecule has 8 rings (SSSR count). The Labute approximate surface area is 291 Å². The summed E-state index contributed by atoms with van der Waals surface area (Å²) in [4.78, 5) is 0. The van der Waals surface area contributed by atoms with E-state index >= 15 is 0 Å². The second kappa shape index (κ2) is 16.4. The molecule has 0 radical (unpaired) electrons. The fraction of sp³-hybridized carbons (Fsp3) is 0.250. The first kappa shape index (κ1) is 34.6. The molecule has 0 heterocycles. The van der Waals surface area contributed by atoms with E-state index in [4.69, 9.17) is 0 Å². The van der Waals surface area contributed by atoms with Crippen LogP contribution in [0.25, 0.3) is 23.3 Å². The van der Waals surface area contributed by atoms with Crippen molar-refractivity contribution in [3.63, 3.8) is 0 Å². The van der Waals surface area contributed by atoms with Gasteiger partial charge in [-0.2, -0.15) is 10.4 Å². The van der Waals surface area contributed by atoms with Crippen LogP contribution in [-0.4, -0.2) is 5.43 Å². The Morgan fingerprint density at radius 1 is 0.545 bits per heavy atom. The molecule has 4 unspecified atom stereocenters. The van der Waals surface area contributed by atoms with Crippen molar-refractivity contribution >= 4 is 39.1 Å². The molecule has 44 heavy (non-hydrogen) atoms. The molecular formula is C40H40Cl2SiZr-2. The van der Waals surface area contributed by atoms with Gasteiger partial charge in [0.15, 0.2) is 0 Å². The Kier molecular flexibility index (Phi) is 12.9. The molecule has 0 aliphatic heterocycles. The van der Waals surface area contributed by atoms with Gasteiger partial charge in [-0.15, -0.1) is 22.6 Å². The van der Waals surface area contributed by atoms with Gasteiger partial charge in [0.2, 0.25) is 0 Å². The zero-order valence-electron chi connectivity index (χ0n) is 25.6. The Balaban J connectivity index is 0.000000147. The molecule has 4 aliphatic rings. The average Bonchev–Trinajstić information content (AvgIpc) is 3.63. The van der Waals surface area contributed by atoms with E-state index in [2.05, 4.69) is 148 Å². The third kappa shape index (κ3) is 8.13. The first-order valence-electron chi connectivity index (χ1n) is 15.5. The van der Waals surface area contributed by atoms with Crippen molar-refractivity contribution in [1.29, 1.82) is 0 Å². The number of benzene rings is 4. The van der Waals surface area contributed by atoms with E-state index in [9.17, 15) is 0 Å². The topological polar surface area (TPSA) is 0 Å². The fourth-order valence-corrected chi connectivity index (χ4v) is 10.9.